The van der Waals surface area contributed by atoms with Crippen LogP contribution in [0.15, 0.2) is 36.4 Å². The average molecular weight is 261 g/mol. The third-order valence-corrected chi connectivity index (χ3v) is 3.38. The Kier molecular flexibility index (Phi) is 2.85. The highest BCUT2D eigenvalue weighted by atomic mass is 19.1. The third-order valence-electron chi connectivity index (χ3n) is 3.38. The highest BCUT2D eigenvalue weighted by Crippen LogP contribution is 2.39. The molecule has 0 saturated carbocycles. The molecule has 19 heavy (non-hydrogen) atoms. The molecule has 1 aliphatic rings. The van der Waals surface area contributed by atoms with Crippen LogP contribution in [0.3, 0.4) is 0 Å². The van der Waals surface area contributed by atoms with Crippen molar-refractivity contribution in [3.05, 3.63) is 59.2 Å². The van der Waals surface area contributed by atoms with E-state index in [4.69, 9.17) is 4.74 Å². The molecule has 2 aromatic carbocycles. The summed E-state index contributed by atoms with van der Waals surface area (Å²) in [6.07, 6.45) is 0.655. The minimum absolute atomic E-state index is 0.128. The molecule has 98 valence electrons. The standard InChI is InChI=1S/C15H13F2NO/c1-19-15-4-2-3-13-12(15)8-14(18-13)9-5-10(16)7-11(17)6-9/h2-7,14,18H,8H2,1H3. The third kappa shape index (κ3) is 2.14. The highest BCUT2D eigenvalue weighted by molar-refractivity contribution is 5.63. The lowest BCUT2D eigenvalue weighted by Gasteiger charge is -2.11. The lowest BCUT2D eigenvalue weighted by molar-refractivity contribution is 0.410. The van der Waals surface area contributed by atoms with Gasteiger partial charge in [-0.15, -0.1) is 0 Å². The van der Waals surface area contributed by atoms with Gasteiger partial charge in [0.15, 0.2) is 0 Å². The molecule has 4 heteroatoms. The van der Waals surface area contributed by atoms with Crippen molar-refractivity contribution in [1.82, 2.24) is 0 Å². The van der Waals surface area contributed by atoms with E-state index in [0.29, 0.717) is 12.0 Å². The second-order valence-electron chi connectivity index (χ2n) is 4.59. The van der Waals surface area contributed by atoms with E-state index < -0.39 is 11.6 Å². The second kappa shape index (κ2) is 4.53. The number of methoxy groups -OCH3 is 1. The van der Waals surface area contributed by atoms with E-state index in [2.05, 4.69) is 5.32 Å². The van der Waals surface area contributed by atoms with Gasteiger partial charge in [-0.2, -0.15) is 0 Å². The first-order valence-electron chi connectivity index (χ1n) is 6.06. The molecule has 0 amide bonds. The molecule has 2 aromatic rings. The van der Waals surface area contributed by atoms with Crippen LogP contribution in [-0.4, -0.2) is 7.11 Å². The van der Waals surface area contributed by atoms with E-state index in [1.807, 2.05) is 18.2 Å². The molecule has 0 aromatic heterocycles. The summed E-state index contributed by atoms with van der Waals surface area (Å²) in [6, 6.07) is 9.18. The Bertz CT molecular complexity index is 607. The number of rotatable bonds is 2. The van der Waals surface area contributed by atoms with Crippen molar-refractivity contribution in [1.29, 1.82) is 0 Å². The van der Waals surface area contributed by atoms with Crippen molar-refractivity contribution in [2.45, 2.75) is 12.5 Å². The van der Waals surface area contributed by atoms with Crippen LogP contribution in [0.1, 0.15) is 17.2 Å². The fraction of sp³-hybridized carbons (Fsp3) is 0.200. The molecule has 1 heterocycles. The number of fused-ring (bicyclic) bond motifs is 1. The smallest absolute Gasteiger partial charge is 0.126 e. The van der Waals surface area contributed by atoms with Crippen molar-refractivity contribution in [2.75, 3.05) is 12.4 Å². The summed E-state index contributed by atoms with van der Waals surface area (Å²) in [5, 5.41) is 3.27. The van der Waals surface area contributed by atoms with Crippen molar-refractivity contribution in [2.24, 2.45) is 0 Å². The van der Waals surface area contributed by atoms with Gasteiger partial charge in [-0.3, -0.25) is 0 Å². The van der Waals surface area contributed by atoms with Gasteiger partial charge < -0.3 is 10.1 Å². The first-order valence-corrected chi connectivity index (χ1v) is 6.06. The quantitative estimate of drug-likeness (QED) is 0.890. The minimum atomic E-state index is -0.556. The summed E-state index contributed by atoms with van der Waals surface area (Å²) >= 11 is 0. The van der Waals surface area contributed by atoms with Crippen LogP contribution >= 0.6 is 0 Å². The molecular formula is C15H13F2NO. The number of ether oxygens (including phenoxy) is 1. The van der Waals surface area contributed by atoms with Crippen LogP contribution in [-0.2, 0) is 6.42 Å². The molecule has 1 unspecified atom stereocenters. The highest BCUT2D eigenvalue weighted by Gasteiger charge is 2.25. The maximum Gasteiger partial charge on any atom is 0.126 e. The maximum absolute atomic E-state index is 13.3. The average Bonchev–Trinajstić information content (AvgIpc) is 2.81. The number of benzene rings is 2. The van der Waals surface area contributed by atoms with Crippen molar-refractivity contribution in [3.8, 4) is 5.75 Å². The van der Waals surface area contributed by atoms with Crippen LogP contribution in [0.25, 0.3) is 0 Å². The van der Waals surface area contributed by atoms with E-state index >= 15 is 0 Å². The van der Waals surface area contributed by atoms with Gasteiger partial charge in [-0.1, -0.05) is 6.07 Å². The summed E-state index contributed by atoms with van der Waals surface area (Å²) in [5.74, 6) is -0.316. The molecule has 0 radical (unpaired) electrons. The van der Waals surface area contributed by atoms with Gasteiger partial charge in [0.25, 0.3) is 0 Å². The Hall–Kier alpha value is -2.10. The van der Waals surface area contributed by atoms with E-state index in [0.717, 1.165) is 23.1 Å². The molecular weight excluding hydrogens is 248 g/mol. The number of hydrogen-bond acceptors (Lipinski definition) is 2. The maximum atomic E-state index is 13.3. The molecule has 0 fully saturated rings. The van der Waals surface area contributed by atoms with Crippen molar-refractivity contribution < 1.29 is 13.5 Å². The van der Waals surface area contributed by atoms with E-state index in [1.54, 1.807) is 7.11 Å². The monoisotopic (exact) mass is 261 g/mol. The first-order chi connectivity index (χ1) is 9.17. The molecule has 0 spiro atoms. The topological polar surface area (TPSA) is 21.3 Å². The second-order valence-corrected chi connectivity index (χ2v) is 4.59. The Morgan fingerprint density at radius 2 is 1.89 bits per heavy atom. The van der Waals surface area contributed by atoms with Crippen LogP contribution in [0.5, 0.6) is 5.75 Å². The van der Waals surface area contributed by atoms with E-state index in [-0.39, 0.29) is 6.04 Å². The van der Waals surface area contributed by atoms with Crippen LogP contribution in [0, 0.1) is 11.6 Å². The number of halogens is 2. The molecule has 0 bridgehead atoms. The fourth-order valence-corrected chi connectivity index (χ4v) is 2.52. The zero-order chi connectivity index (χ0) is 13.4. The van der Waals surface area contributed by atoms with Gasteiger partial charge in [0.1, 0.15) is 17.4 Å². The zero-order valence-corrected chi connectivity index (χ0v) is 10.4. The lowest BCUT2D eigenvalue weighted by atomic mass is 10.0. The fourth-order valence-electron chi connectivity index (χ4n) is 2.52. The lowest BCUT2D eigenvalue weighted by Crippen LogP contribution is -2.06. The van der Waals surface area contributed by atoms with Crippen LogP contribution < -0.4 is 10.1 Å². The molecule has 3 rings (SSSR count). The number of anilines is 1. The Labute approximate surface area is 110 Å². The van der Waals surface area contributed by atoms with Gasteiger partial charge in [-0.25, -0.2) is 8.78 Å². The van der Waals surface area contributed by atoms with Crippen molar-refractivity contribution in [3.63, 3.8) is 0 Å². The number of nitrogens with one attached hydrogen (secondary N) is 1. The summed E-state index contributed by atoms with van der Waals surface area (Å²) in [6.45, 7) is 0. The summed E-state index contributed by atoms with van der Waals surface area (Å²) in [7, 11) is 1.62. The van der Waals surface area contributed by atoms with E-state index in [1.165, 1.54) is 12.1 Å². The largest absolute Gasteiger partial charge is 0.496 e. The summed E-state index contributed by atoms with van der Waals surface area (Å²) in [4.78, 5) is 0. The van der Waals surface area contributed by atoms with Crippen molar-refractivity contribution >= 4 is 5.69 Å². The first kappa shape index (κ1) is 12.0. The van der Waals surface area contributed by atoms with E-state index in [9.17, 15) is 8.78 Å². The Morgan fingerprint density at radius 1 is 1.16 bits per heavy atom. The number of hydrogen-bond donors (Lipinski definition) is 1. The Morgan fingerprint density at radius 3 is 2.58 bits per heavy atom. The predicted molar refractivity (Wildman–Crippen MR) is 69.4 cm³/mol. The van der Waals surface area contributed by atoms with Gasteiger partial charge in [0, 0.05) is 23.7 Å². The Balaban J connectivity index is 1.95. The summed E-state index contributed by atoms with van der Waals surface area (Å²) < 4.78 is 31.8. The molecule has 2 nitrogen and oxygen atoms in total. The summed E-state index contributed by atoms with van der Waals surface area (Å²) in [5.41, 5.74) is 2.60. The molecule has 0 aliphatic carbocycles. The van der Waals surface area contributed by atoms with Gasteiger partial charge in [-0.05, 0) is 29.8 Å². The minimum Gasteiger partial charge on any atom is -0.496 e. The van der Waals surface area contributed by atoms with Gasteiger partial charge >= 0.3 is 0 Å². The van der Waals surface area contributed by atoms with Crippen LogP contribution in [0.2, 0.25) is 0 Å². The normalized spacial score (nSPS) is 16.9. The van der Waals surface area contributed by atoms with Gasteiger partial charge in [0.2, 0.25) is 0 Å². The molecule has 1 N–H and O–H groups in total. The molecule has 1 atom stereocenters. The zero-order valence-electron chi connectivity index (χ0n) is 10.4. The predicted octanol–water partition coefficient (Wildman–Crippen LogP) is 3.68. The molecule has 0 saturated heterocycles. The van der Waals surface area contributed by atoms with Gasteiger partial charge in [0.05, 0.1) is 13.2 Å². The molecule has 1 aliphatic heterocycles. The SMILES string of the molecule is COc1cccc2c1CC(c1cc(F)cc(F)c1)N2. The van der Waals surface area contributed by atoms with Crippen LogP contribution in [0.4, 0.5) is 14.5 Å².